The molecule has 1 aliphatic heterocycles. The number of primary amides is 2. The minimum Gasteiger partial charge on any atom is -0.394 e. The Kier molecular flexibility index (Phi) is 40.5. The van der Waals surface area contributed by atoms with Crippen molar-refractivity contribution >= 4 is 118 Å². The summed E-state index contributed by atoms with van der Waals surface area (Å²) in [5.41, 5.74) is -3.32. The van der Waals surface area contributed by atoms with Gasteiger partial charge < -0.3 is 117 Å². The third-order valence-electron chi connectivity index (χ3n) is 19.7. The van der Waals surface area contributed by atoms with Crippen LogP contribution in [-0.2, 0) is 95.9 Å². The van der Waals surface area contributed by atoms with Gasteiger partial charge in [0.25, 0.3) is 0 Å². The Morgan fingerprint density at radius 1 is 0.372 bits per heavy atom. The van der Waals surface area contributed by atoms with E-state index < -0.39 is 255 Å². The summed E-state index contributed by atoms with van der Waals surface area (Å²) >= 11 is 0. The molecule has 9 unspecified atom stereocenters. The zero-order valence-corrected chi connectivity index (χ0v) is 75.2. The number of amides is 20. The molecule has 686 valence electrons. The number of carbonyl (C=O) groups excluding carboxylic acids is 20. The van der Waals surface area contributed by atoms with Gasteiger partial charge in [-0.1, -0.05) is 55.4 Å². The molecule has 1 saturated heterocycles. The molecule has 0 aromatic carbocycles. The van der Waals surface area contributed by atoms with E-state index in [-0.39, 0.29) is 56.4 Å². The first kappa shape index (κ1) is 108. The van der Waals surface area contributed by atoms with Crippen LogP contribution in [0.5, 0.6) is 0 Å². The molecule has 0 aliphatic carbocycles. The second-order valence-electron chi connectivity index (χ2n) is 36.6. The molecule has 0 spiro atoms. The van der Waals surface area contributed by atoms with E-state index in [0.717, 1.165) is 0 Å². The largest absolute Gasteiger partial charge is 0.394 e. The summed E-state index contributed by atoms with van der Waals surface area (Å²) in [6, 6.07) is -11.7. The molecule has 0 aromatic heterocycles. The van der Waals surface area contributed by atoms with Crippen LogP contribution in [0.25, 0.3) is 0 Å². The van der Waals surface area contributed by atoms with Gasteiger partial charge in [0.1, 0.15) is 92.6 Å². The Balaban J connectivity index is 3.18. The lowest BCUT2D eigenvalue weighted by molar-refractivity contribution is -0.146. The van der Waals surface area contributed by atoms with Crippen molar-refractivity contribution in [2.75, 3.05) is 26.3 Å². The van der Waals surface area contributed by atoms with E-state index >= 15 is 0 Å². The van der Waals surface area contributed by atoms with Gasteiger partial charge in [0, 0.05) is 26.3 Å². The van der Waals surface area contributed by atoms with Crippen molar-refractivity contribution in [3.8, 4) is 0 Å². The van der Waals surface area contributed by atoms with Crippen LogP contribution in [0.3, 0.4) is 0 Å². The van der Waals surface area contributed by atoms with Crippen LogP contribution in [0.1, 0.15) is 231 Å². The Morgan fingerprint density at radius 2 is 0.744 bits per heavy atom. The van der Waals surface area contributed by atoms with Crippen LogP contribution in [0.2, 0.25) is 0 Å². The van der Waals surface area contributed by atoms with Crippen molar-refractivity contribution in [2.45, 2.75) is 330 Å². The number of rotatable bonds is 48. The smallest absolute Gasteiger partial charge is 0.248 e. The molecule has 0 aromatic rings. The summed E-state index contributed by atoms with van der Waals surface area (Å²) in [7, 11) is 0. The van der Waals surface area contributed by atoms with Crippen molar-refractivity contribution in [2.24, 2.45) is 35.1 Å². The van der Waals surface area contributed by atoms with Crippen molar-refractivity contribution in [3.05, 3.63) is 0 Å². The highest BCUT2D eigenvalue weighted by Gasteiger charge is 2.48. The summed E-state index contributed by atoms with van der Waals surface area (Å²) in [5, 5.41) is 62.6. The first-order chi connectivity index (χ1) is 55.0. The summed E-state index contributed by atoms with van der Waals surface area (Å²) in [5.74, 6) is -18.3. The van der Waals surface area contributed by atoms with Crippen LogP contribution in [-0.4, -0.2) is 258 Å². The van der Waals surface area contributed by atoms with Gasteiger partial charge in [-0.25, -0.2) is 0 Å². The van der Waals surface area contributed by atoms with Crippen LogP contribution in [0.4, 0.5) is 0 Å². The number of hydrogen-bond donors (Lipinski definition) is 21. The molecule has 0 saturated carbocycles. The van der Waals surface area contributed by atoms with E-state index in [1.54, 1.807) is 55.4 Å². The minimum atomic E-state index is -1.90. The quantitative estimate of drug-likeness (QED) is 0.0271. The summed E-state index contributed by atoms with van der Waals surface area (Å²) in [4.78, 5) is 271. The molecular weight excluding hydrogens is 1580 g/mol. The van der Waals surface area contributed by atoms with Crippen LogP contribution < -0.4 is 102 Å². The SMILES string of the molecule is CC(=O)NC(C)(C)C(=O)NC(CO)C(=O)NC(C)C(=O)NC(CC(C)C)C(=O)NC(C)(C)C(=O)NC(CCC(N)=O)C(=O)NC(C)(C)C(=O)NC(C(=O)NC(C)(C)C(=O)NCC(=O)NC(C)(C)C(=O)NC(C)(C)C(=O)N1CCCC1C(=O)NC(CC(C)C)C(=O)NC(C)(C)C(=O)NC(C)(C)C(=O)NC(CCC(N)=O)C(=O)NC(CO)C(C)C)C(C)C. The predicted molar refractivity (Wildman–Crippen MR) is 442 cm³/mol. The molecule has 23 N–H and O–H groups in total. The average Bonchev–Trinajstić information content (AvgIpc) is 1.72. The Morgan fingerprint density at radius 3 is 1.17 bits per heavy atom. The van der Waals surface area contributed by atoms with Crippen molar-refractivity contribution in [1.82, 2.24) is 95.3 Å². The molecular formula is C79H138N20O22. The molecule has 1 rings (SSSR count). The fraction of sp³-hybridized carbons (Fsp3) is 0.747. The van der Waals surface area contributed by atoms with E-state index in [1.165, 1.54) is 130 Å². The van der Waals surface area contributed by atoms with Gasteiger partial charge in [-0.2, -0.15) is 0 Å². The van der Waals surface area contributed by atoms with E-state index in [2.05, 4.69) is 90.4 Å². The molecule has 1 heterocycles. The highest BCUT2D eigenvalue weighted by Crippen LogP contribution is 2.25. The zero-order valence-electron chi connectivity index (χ0n) is 75.2. The van der Waals surface area contributed by atoms with E-state index in [1.807, 2.05) is 0 Å². The van der Waals surface area contributed by atoms with Gasteiger partial charge >= 0.3 is 0 Å². The van der Waals surface area contributed by atoms with Gasteiger partial charge in [-0.15, -0.1) is 0 Å². The van der Waals surface area contributed by atoms with Crippen molar-refractivity contribution < 1.29 is 106 Å². The van der Waals surface area contributed by atoms with Gasteiger partial charge in [0.2, 0.25) is 118 Å². The molecule has 42 heteroatoms. The lowest BCUT2D eigenvalue weighted by Gasteiger charge is -2.36. The number of nitrogens with two attached hydrogens (primary N) is 2. The molecule has 0 radical (unpaired) electrons. The maximum absolute atomic E-state index is 14.4. The second-order valence-corrected chi connectivity index (χ2v) is 36.6. The van der Waals surface area contributed by atoms with E-state index in [0.29, 0.717) is 6.42 Å². The lowest BCUT2D eigenvalue weighted by Crippen LogP contribution is -2.66. The van der Waals surface area contributed by atoms with Crippen LogP contribution in [0.15, 0.2) is 0 Å². The molecule has 9 atom stereocenters. The number of carbonyl (C=O) groups is 20. The number of nitrogens with one attached hydrogen (secondary N) is 17. The number of aliphatic hydroxyl groups excluding tert-OH is 2. The zero-order chi connectivity index (χ0) is 94.1. The lowest BCUT2D eigenvalue weighted by atomic mass is 9.96. The molecule has 20 amide bonds. The third-order valence-corrected chi connectivity index (χ3v) is 19.7. The highest BCUT2D eigenvalue weighted by atomic mass is 16.3. The molecule has 121 heavy (non-hydrogen) atoms. The topological polar surface area (TPSA) is 642 Å². The normalized spacial score (nSPS) is 15.5. The average molecular weight is 1720 g/mol. The monoisotopic (exact) mass is 1720 g/mol. The molecule has 0 bridgehead atoms. The van der Waals surface area contributed by atoms with Gasteiger partial charge in [0.05, 0.1) is 25.8 Å². The Bertz CT molecular complexity index is 3810. The second kappa shape index (κ2) is 45.3. The van der Waals surface area contributed by atoms with Gasteiger partial charge in [-0.3, -0.25) is 95.9 Å². The predicted octanol–water partition coefficient (Wildman–Crippen LogP) is -4.91. The van der Waals surface area contributed by atoms with Gasteiger partial charge in [-0.05, 0) is 180 Å². The fourth-order valence-corrected chi connectivity index (χ4v) is 12.0. The van der Waals surface area contributed by atoms with Crippen LogP contribution in [0, 0.1) is 23.7 Å². The van der Waals surface area contributed by atoms with E-state index in [4.69, 9.17) is 11.5 Å². The van der Waals surface area contributed by atoms with Crippen molar-refractivity contribution in [3.63, 3.8) is 0 Å². The maximum atomic E-state index is 14.4. The number of likely N-dealkylation sites (tertiary alicyclic amines) is 1. The standard InChI is InChI=1S/C79H138N20O22/c1-39(2)34-47(84-56(106)43(9)83-58(108)50(38-101)89-65(115)73(13,14)91-44(10)102)60(110)94-74(15,16)66(116)88-46(30-32-53(81)104)59(109)93-75(17,18)68(118)90-55(42(7)8)63(113)96-72(11,12)64(114)82-36-54(105)92-77(21,22)69(119)98-79(25,26)71(121)99-33-27-28-51(99)62(112)85-48(35-40(3)4)61(111)95-78(23,24)70(120)97-76(19,20)67(117)87-45(29-31-52(80)103)57(107)86-49(37-100)41(5)6/h39-43,45-51,55,100-101H,27-38H2,1-26H3,(H2,80,103)(H2,81,104)(H,82,114)(H,83,108)(H,84,106)(H,85,112)(H,86,107)(H,87,117)(H,88,116)(H,89,115)(H,90,118)(H,91,102)(H,92,105)(H,93,109)(H,94,110)(H,95,111)(H,96,113)(H,97,120)(H,98,119). The van der Waals surface area contributed by atoms with E-state index in [9.17, 15) is 106 Å². The molecule has 42 nitrogen and oxygen atoms in total. The molecule has 1 aliphatic rings. The highest BCUT2D eigenvalue weighted by molar-refractivity contribution is 6.04. The van der Waals surface area contributed by atoms with Crippen LogP contribution >= 0.6 is 0 Å². The Labute approximate surface area is 708 Å². The fourth-order valence-electron chi connectivity index (χ4n) is 12.0. The number of nitrogens with zero attached hydrogens (tertiary/aromatic N) is 1. The Hall–Kier alpha value is -10.7. The van der Waals surface area contributed by atoms with Gasteiger partial charge in [0.15, 0.2) is 0 Å². The summed E-state index contributed by atoms with van der Waals surface area (Å²) < 4.78 is 0. The van der Waals surface area contributed by atoms with Crippen molar-refractivity contribution in [1.29, 1.82) is 0 Å². The minimum absolute atomic E-state index is 0.00159. The molecule has 1 fully saturated rings. The first-order valence-corrected chi connectivity index (χ1v) is 40.4. The number of hydrogen-bond acceptors (Lipinski definition) is 22. The third kappa shape index (κ3) is 34.8. The first-order valence-electron chi connectivity index (χ1n) is 40.4. The number of aliphatic hydroxyl groups is 2. The maximum Gasteiger partial charge on any atom is 0.248 e. The summed E-state index contributed by atoms with van der Waals surface area (Å²) in [6.45, 7) is 35.3. The summed E-state index contributed by atoms with van der Waals surface area (Å²) in [6.07, 6.45) is -0.831.